The molecular formula is C14H23NO. The van der Waals surface area contributed by atoms with Gasteiger partial charge < -0.3 is 10.1 Å². The van der Waals surface area contributed by atoms with Crippen molar-refractivity contribution in [3.63, 3.8) is 0 Å². The van der Waals surface area contributed by atoms with Crippen LogP contribution in [-0.2, 0) is 0 Å². The van der Waals surface area contributed by atoms with Crippen molar-refractivity contribution in [1.29, 1.82) is 0 Å². The number of hydrogen-bond donors (Lipinski definition) is 1. The van der Waals surface area contributed by atoms with Crippen LogP contribution < -0.4 is 10.1 Å². The van der Waals surface area contributed by atoms with E-state index in [1.54, 1.807) is 7.11 Å². The predicted molar refractivity (Wildman–Crippen MR) is 68.9 cm³/mol. The second-order valence-corrected chi connectivity index (χ2v) is 4.63. The third-order valence-corrected chi connectivity index (χ3v) is 2.79. The summed E-state index contributed by atoms with van der Waals surface area (Å²) in [4.78, 5) is 0. The van der Waals surface area contributed by atoms with Gasteiger partial charge in [-0.1, -0.05) is 26.0 Å². The average molecular weight is 221 g/mol. The number of methoxy groups -OCH3 is 1. The number of rotatable bonds is 6. The zero-order chi connectivity index (χ0) is 12.0. The summed E-state index contributed by atoms with van der Waals surface area (Å²) < 4.78 is 5.14. The van der Waals surface area contributed by atoms with Crippen LogP contribution in [0.25, 0.3) is 0 Å². The maximum atomic E-state index is 5.14. The molecule has 0 aromatic heterocycles. The lowest BCUT2D eigenvalue weighted by Crippen LogP contribution is -2.20. The van der Waals surface area contributed by atoms with E-state index in [-0.39, 0.29) is 0 Å². The van der Waals surface area contributed by atoms with Crippen molar-refractivity contribution in [2.75, 3.05) is 13.7 Å². The lowest BCUT2D eigenvalue weighted by atomic mass is 10.1. The van der Waals surface area contributed by atoms with Gasteiger partial charge in [0, 0.05) is 6.04 Å². The summed E-state index contributed by atoms with van der Waals surface area (Å²) in [5.74, 6) is 1.67. The molecule has 16 heavy (non-hydrogen) atoms. The predicted octanol–water partition coefficient (Wildman–Crippen LogP) is 3.39. The van der Waals surface area contributed by atoms with Gasteiger partial charge in [-0.15, -0.1) is 0 Å². The van der Waals surface area contributed by atoms with Gasteiger partial charge >= 0.3 is 0 Å². The molecule has 0 heterocycles. The Labute approximate surface area is 99.0 Å². The molecule has 1 aromatic carbocycles. The lowest BCUT2D eigenvalue weighted by Gasteiger charge is -2.15. The maximum Gasteiger partial charge on any atom is 0.118 e. The number of nitrogens with one attached hydrogen (secondary N) is 1. The van der Waals surface area contributed by atoms with E-state index in [4.69, 9.17) is 4.74 Å². The fourth-order valence-electron chi connectivity index (χ4n) is 1.60. The van der Waals surface area contributed by atoms with Gasteiger partial charge in [0.05, 0.1) is 7.11 Å². The Morgan fingerprint density at radius 1 is 1.12 bits per heavy atom. The number of ether oxygens (including phenoxy) is 1. The summed E-state index contributed by atoms with van der Waals surface area (Å²) in [5, 5.41) is 3.53. The van der Waals surface area contributed by atoms with Gasteiger partial charge in [0.1, 0.15) is 5.75 Å². The molecule has 2 heteroatoms. The number of benzene rings is 1. The second kappa shape index (κ2) is 6.54. The van der Waals surface area contributed by atoms with Crippen LogP contribution in [0.2, 0.25) is 0 Å². The molecule has 1 unspecified atom stereocenters. The van der Waals surface area contributed by atoms with Crippen molar-refractivity contribution in [2.45, 2.75) is 33.2 Å². The normalized spacial score (nSPS) is 12.8. The molecule has 0 saturated heterocycles. The molecule has 0 aliphatic carbocycles. The van der Waals surface area contributed by atoms with Gasteiger partial charge in [0.2, 0.25) is 0 Å². The average Bonchev–Trinajstić information content (AvgIpc) is 2.28. The smallest absolute Gasteiger partial charge is 0.118 e. The molecule has 0 fully saturated rings. The highest BCUT2D eigenvalue weighted by atomic mass is 16.5. The molecular weight excluding hydrogens is 198 g/mol. The molecule has 0 saturated carbocycles. The monoisotopic (exact) mass is 221 g/mol. The van der Waals surface area contributed by atoms with Crippen LogP contribution in [0.15, 0.2) is 24.3 Å². The molecule has 0 aliphatic rings. The summed E-state index contributed by atoms with van der Waals surface area (Å²) >= 11 is 0. The van der Waals surface area contributed by atoms with E-state index in [0.717, 1.165) is 18.2 Å². The first-order valence-electron chi connectivity index (χ1n) is 6.00. The Kier molecular flexibility index (Phi) is 5.33. The highest BCUT2D eigenvalue weighted by Crippen LogP contribution is 2.17. The van der Waals surface area contributed by atoms with Crippen molar-refractivity contribution in [1.82, 2.24) is 5.32 Å². The fourth-order valence-corrected chi connectivity index (χ4v) is 1.60. The zero-order valence-electron chi connectivity index (χ0n) is 10.8. The Bertz CT molecular complexity index is 292. The third kappa shape index (κ3) is 4.23. The largest absolute Gasteiger partial charge is 0.497 e. The zero-order valence-corrected chi connectivity index (χ0v) is 10.8. The van der Waals surface area contributed by atoms with E-state index in [9.17, 15) is 0 Å². The summed E-state index contributed by atoms with van der Waals surface area (Å²) in [6.45, 7) is 7.77. The molecule has 0 spiro atoms. The molecule has 1 N–H and O–H groups in total. The molecule has 2 nitrogen and oxygen atoms in total. The Hall–Kier alpha value is -1.02. The summed E-state index contributed by atoms with van der Waals surface area (Å²) in [7, 11) is 1.69. The fraction of sp³-hybridized carbons (Fsp3) is 0.571. The van der Waals surface area contributed by atoms with Crippen LogP contribution in [0, 0.1) is 5.92 Å². The van der Waals surface area contributed by atoms with E-state index in [2.05, 4.69) is 38.2 Å². The number of hydrogen-bond acceptors (Lipinski definition) is 2. The van der Waals surface area contributed by atoms with E-state index in [1.807, 2.05) is 12.1 Å². The summed E-state index contributed by atoms with van der Waals surface area (Å²) in [6, 6.07) is 8.66. The Balaban J connectivity index is 2.43. The molecule has 1 atom stereocenters. The molecule has 1 aromatic rings. The van der Waals surface area contributed by atoms with Crippen molar-refractivity contribution >= 4 is 0 Å². The lowest BCUT2D eigenvalue weighted by molar-refractivity contribution is 0.414. The second-order valence-electron chi connectivity index (χ2n) is 4.63. The van der Waals surface area contributed by atoms with E-state index >= 15 is 0 Å². The van der Waals surface area contributed by atoms with Crippen molar-refractivity contribution in [3.05, 3.63) is 29.8 Å². The molecule has 0 radical (unpaired) electrons. The molecule has 0 aliphatic heterocycles. The van der Waals surface area contributed by atoms with Crippen LogP contribution in [0.1, 0.15) is 38.8 Å². The maximum absolute atomic E-state index is 5.14. The van der Waals surface area contributed by atoms with Gasteiger partial charge in [-0.2, -0.15) is 0 Å². The SMILES string of the molecule is COc1ccc(C(C)NCCC(C)C)cc1. The van der Waals surface area contributed by atoms with Crippen LogP contribution in [0.5, 0.6) is 5.75 Å². The van der Waals surface area contributed by atoms with E-state index < -0.39 is 0 Å². The van der Waals surface area contributed by atoms with Gasteiger partial charge in [-0.25, -0.2) is 0 Å². The van der Waals surface area contributed by atoms with Crippen molar-refractivity contribution in [3.8, 4) is 5.75 Å². The minimum absolute atomic E-state index is 0.407. The summed E-state index contributed by atoms with van der Waals surface area (Å²) in [5.41, 5.74) is 1.31. The van der Waals surface area contributed by atoms with Crippen LogP contribution in [0.4, 0.5) is 0 Å². The highest BCUT2D eigenvalue weighted by molar-refractivity contribution is 5.28. The van der Waals surface area contributed by atoms with Crippen LogP contribution in [-0.4, -0.2) is 13.7 Å². The summed E-state index contributed by atoms with van der Waals surface area (Å²) in [6.07, 6.45) is 1.22. The molecule has 1 rings (SSSR count). The third-order valence-electron chi connectivity index (χ3n) is 2.79. The standard InChI is InChI=1S/C14H23NO/c1-11(2)9-10-15-12(3)13-5-7-14(16-4)8-6-13/h5-8,11-12,15H,9-10H2,1-4H3. The highest BCUT2D eigenvalue weighted by Gasteiger charge is 2.04. The van der Waals surface area contributed by atoms with Crippen molar-refractivity contribution in [2.24, 2.45) is 5.92 Å². The van der Waals surface area contributed by atoms with E-state index in [1.165, 1.54) is 12.0 Å². The van der Waals surface area contributed by atoms with Gasteiger partial charge in [0.15, 0.2) is 0 Å². The first-order valence-corrected chi connectivity index (χ1v) is 6.00. The minimum Gasteiger partial charge on any atom is -0.497 e. The Morgan fingerprint density at radius 2 is 1.75 bits per heavy atom. The first kappa shape index (κ1) is 13.0. The van der Waals surface area contributed by atoms with Crippen molar-refractivity contribution < 1.29 is 4.74 Å². The van der Waals surface area contributed by atoms with Crippen LogP contribution >= 0.6 is 0 Å². The van der Waals surface area contributed by atoms with Crippen LogP contribution in [0.3, 0.4) is 0 Å². The van der Waals surface area contributed by atoms with Gasteiger partial charge in [0.25, 0.3) is 0 Å². The van der Waals surface area contributed by atoms with E-state index in [0.29, 0.717) is 6.04 Å². The van der Waals surface area contributed by atoms with Gasteiger partial charge in [-0.3, -0.25) is 0 Å². The van der Waals surface area contributed by atoms with Gasteiger partial charge in [-0.05, 0) is 43.5 Å². The quantitative estimate of drug-likeness (QED) is 0.795. The molecule has 0 bridgehead atoms. The molecule has 0 amide bonds. The minimum atomic E-state index is 0.407. The molecule has 90 valence electrons. The Morgan fingerprint density at radius 3 is 2.25 bits per heavy atom. The first-order chi connectivity index (χ1) is 7.63. The topological polar surface area (TPSA) is 21.3 Å².